The first-order valence-corrected chi connectivity index (χ1v) is 15.3. The second-order valence-electron chi connectivity index (χ2n) is 10.6. The molecule has 0 N–H and O–H groups in total. The van der Waals surface area contributed by atoms with E-state index in [4.69, 9.17) is 4.74 Å². The van der Waals surface area contributed by atoms with Gasteiger partial charge in [0, 0.05) is 41.6 Å². The van der Waals surface area contributed by atoms with Crippen molar-refractivity contribution < 1.29 is 22.9 Å². The van der Waals surface area contributed by atoms with Crippen molar-refractivity contribution in [3.05, 3.63) is 131 Å². The fourth-order valence-electron chi connectivity index (χ4n) is 4.65. The maximum atomic E-state index is 12.8. The summed E-state index contributed by atoms with van der Waals surface area (Å²) in [6, 6.07) is 28.3. The van der Waals surface area contributed by atoms with Gasteiger partial charge in [0.25, 0.3) is 5.69 Å². The summed E-state index contributed by atoms with van der Waals surface area (Å²) >= 11 is 0. The van der Waals surface area contributed by atoms with Crippen LogP contribution in [0, 0.1) is 10.1 Å². The fraction of sp³-hybridized carbons (Fsp3) is 0.118. The number of non-ortho nitro benzene ring substituents is 1. The highest BCUT2D eigenvalue weighted by Crippen LogP contribution is 2.39. The monoisotopic (exact) mass is 592 g/mol. The van der Waals surface area contributed by atoms with Crippen LogP contribution >= 0.6 is 0 Å². The lowest BCUT2D eigenvalue weighted by molar-refractivity contribution is -0.384. The molecule has 0 atom stereocenters. The van der Waals surface area contributed by atoms with Crippen LogP contribution in [0.15, 0.2) is 109 Å². The van der Waals surface area contributed by atoms with Gasteiger partial charge in [0.1, 0.15) is 5.75 Å². The number of aromatic nitrogens is 1. The maximum Gasteiger partial charge on any atom is 0.336 e. The summed E-state index contributed by atoms with van der Waals surface area (Å²) in [5.41, 5.74) is 5.25. The number of rotatable bonds is 8. The second kappa shape index (κ2) is 11.6. The molecule has 0 aliphatic carbocycles. The van der Waals surface area contributed by atoms with Crippen LogP contribution in [0.5, 0.6) is 5.75 Å². The first kappa shape index (κ1) is 29.3. The average molecular weight is 593 g/mol. The molecule has 0 bridgehead atoms. The molecule has 216 valence electrons. The lowest BCUT2D eigenvalue weighted by Gasteiger charge is -2.25. The minimum absolute atomic E-state index is 0.111. The van der Waals surface area contributed by atoms with E-state index >= 15 is 0 Å². The number of carbonyl (C=O) groups excluding carboxylic acids is 1. The van der Waals surface area contributed by atoms with Crippen molar-refractivity contribution in [2.75, 3.05) is 6.26 Å². The van der Waals surface area contributed by atoms with Crippen LogP contribution in [-0.4, -0.2) is 30.6 Å². The SMILES string of the molecule is CC(C)(c1cc(-c2cc(-c3ccccc3)ccc2C=CC(=O)Oc2ccc([N+](=O)[O-])cc2)c2ncccc2c1)S(C)(=O)=O. The number of nitrogens with zero attached hydrogens (tertiary/aromatic N) is 2. The predicted octanol–water partition coefficient (Wildman–Crippen LogP) is 7.38. The summed E-state index contributed by atoms with van der Waals surface area (Å²) in [6.45, 7) is 3.36. The molecule has 4 aromatic carbocycles. The van der Waals surface area contributed by atoms with E-state index in [-0.39, 0.29) is 11.4 Å². The van der Waals surface area contributed by atoms with E-state index in [1.807, 2.05) is 66.7 Å². The van der Waals surface area contributed by atoms with Crippen molar-refractivity contribution in [2.24, 2.45) is 0 Å². The van der Waals surface area contributed by atoms with Crippen molar-refractivity contribution >= 4 is 38.5 Å². The Morgan fingerprint density at radius 1 is 0.884 bits per heavy atom. The second-order valence-corrected chi connectivity index (χ2v) is 13.1. The van der Waals surface area contributed by atoms with Crippen LogP contribution in [0.4, 0.5) is 5.69 Å². The Morgan fingerprint density at radius 2 is 1.60 bits per heavy atom. The predicted molar refractivity (Wildman–Crippen MR) is 168 cm³/mol. The normalized spacial score (nSPS) is 12.0. The van der Waals surface area contributed by atoms with E-state index in [9.17, 15) is 23.3 Å². The topological polar surface area (TPSA) is 116 Å². The minimum Gasteiger partial charge on any atom is -0.423 e. The third-order valence-electron chi connectivity index (χ3n) is 7.44. The smallest absolute Gasteiger partial charge is 0.336 e. The molecule has 0 saturated heterocycles. The summed E-state index contributed by atoms with van der Waals surface area (Å²) < 4.78 is 29.8. The lowest BCUT2D eigenvalue weighted by atomic mass is 9.89. The number of esters is 1. The fourth-order valence-corrected chi connectivity index (χ4v) is 5.19. The van der Waals surface area contributed by atoms with Crippen molar-refractivity contribution in [2.45, 2.75) is 18.6 Å². The number of pyridine rings is 1. The van der Waals surface area contributed by atoms with E-state index in [0.29, 0.717) is 22.2 Å². The summed E-state index contributed by atoms with van der Waals surface area (Å²) in [5, 5.41) is 11.7. The highest BCUT2D eigenvalue weighted by molar-refractivity contribution is 7.91. The van der Waals surface area contributed by atoms with Gasteiger partial charge in [0.05, 0.1) is 15.2 Å². The highest BCUT2D eigenvalue weighted by Gasteiger charge is 2.33. The van der Waals surface area contributed by atoms with Crippen molar-refractivity contribution in [3.8, 4) is 28.0 Å². The largest absolute Gasteiger partial charge is 0.423 e. The molecule has 1 aromatic heterocycles. The van der Waals surface area contributed by atoms with Gasteiger partial charge in [0.15, 0.2) is 9.84 Å². The molecule has 0 aliphatic rings. The number of hydrogen-bond acceptors (Lipinski definition) is 7. The molecule has 0 amide bonds. The molecule has 0 radical (unpaired) electrons. The van der Waals surface area contributed by atoms with Crippen molar-refractivity contribution in [1.82, 2.24) is 4.98 Å². The molecule has 0 aliphatic heterocycles. The van der Waals surface area contributed by atoms with Gasteiger partial charge in [-0.2, -0.15) is 0 Å². The maximum absolute atomic E-state index is 12.8. The number of hydrogen-bond donors (Lipinski definition) is 0. The van der Waals surface area contributed by atoms with E-state index in [1.54, 1.807) is 32.2 Å². The van der Waals surface area contributed by atoms with Gasteiger partial charge < -0.3 is 4.74 Å². The molecule has 0 spiro atoms. The number of ether oxygens (including phenoxy) is 1. The molecule has 43 heavy (non-hydrogen) atoms. The zero-order valence-electron chi connectivity index (χ0n) is 23.7. The standard InChI is InChI=1S/C34H28N2O6S/c1-34(2,43(3,40)41)27-20-26-10-7-19-35-33(26)31(22-27)30-21-25(23-8-5-4-6-9-23)12-11-24(30)13-18-32(37)42-29-16-14-28(15-17-29)36(38)39/h4-22H,1-3H3. The molecule has 0 saturated carbocycles. The Morgan fingerprint density at radius 3 is 2.28 bits per heavy atom. The van der Waals surface area contributed by atoms with Gasteiger partial charge in [-0.1, -0.05) is 48.5 Å². The number of nitro benzene ring substituents is 1. The zero-order chi connectivity index (χ0) is 30.8. The Labute approximate surface area is 249 Å². The Bertz CT molecular complexity index is 1980. The number of sulfone groups is 1. The molecule has 0 unspecified atom stereocenters. The molecule has 1 heterocycles. The Balaban J connectivity index is 1.64. The van der Waals surface area contributed by atoms with Gasteiger partial charge in [-0.15, -0.1) is 0 Å². The van der Waals surface area contributed by atoms with Gasteiger partial charge in [0.2, 0.25) is 0 Å². The summed E-state index contributed by atoms with van der Waals surface area (Å²) in [7, 11) is -3.48. The zero-order valence-corrected chi connectivity index (χ0v) is 24.5. The van der Waals surface area contributed by atoms with Crippen LogP contribution < -0.4 is 4.74 Å². The van der Waals surface area contributed by atoms with Gasteiger partial charge >= 0.3 is 5.97 Å². The van der Waals surface area contributed by atoms with E-state index < -0.39 is 25.5 Å². The number of carbonyl (C=O) groups is 1. The Kier molecular flexibility index (Phi) is 7.93. The van der Waals surface area contributed by atoms with E-state index in [1.165, 1.54) is 36.6 Å². The summed E-state index contributed by atoms with van der Waals surface area (Å²) in [4.78, 5) is 27.8. The van der Waals surface area contributed by atoms with Gasteiger partial charge in [-0.3, -0.25) is 15.1 Å². The van der Waals surface area contributed by atoms with Gasteiger partial charge in [-0.25, -0.2) is 13.2 Å². The van der Waals surface area contributed by atoms with Crippen LogP contribution in [0.25, 0.3) is 39.2 Å². The van der Waals surface area contributed by atoms with E-state index in [0.717, 1.165) is 22.1 Å². The number of benzene rings is 4. The average Bonchev–Trinajstić information content (AvgIpc) is 2.99. The van der Waals surface area contributed by atoms with Crippen molar-refractivity contribution in [3.63, 3.8) is 0 Å². The third kappa shape index (κ3) is 6.22. The first-order valence-electron chi connectivity index (χ1n) is 13.4. The molecule has 5 rings (SSSR count). The molecule has 5 aromatic rings. The molecule has 0 fully saturated rings. The van der Waals surface area contributed by atoms with Crippen LogP contribution in [-0.2, 0) is 19.4 Å². The number of nitro groups is 1. The summed E-state index contributed by atoms with van der Waals surface area (Å²) in [6.07, 6.45) is 5.82. The van der Waals surface area contributed by atoms with E-state index in [2.05, 4.69) is 4.98 Å². The third-order valence-corrected chi connectivity index (χ3v) is 9.53. The van der Waals surface area contributed by atoms with Gasteiger partial charge in [-0.05, 0) is 84.1 Å². The molecule has 8 nitrogen and oxygen atoms in total. The lowest BCUT2D eigenvalue weighted by Crippen LogP contribution is -2.28. The minimum atomic E-state index is -3.48. The van der Waals surface area contributed by atoms with Crippen LogP contribution in [0.1, 0.15) is 25.0 Å². The van der Waals surface area contributed by atoms with Crippen LogP contribution in [0.3, 0.4) is 0 Å². The van der Waals surface area contributed by atoms with Crippen LogP contribution in [0.2, 0.25) is 0 Å². The molecule has 9 heteroatoms. The molecular weight excluding hydrogens is 564 g/mol. The highest BCUT2D eigenvalue weighted by atomic mass is 32.2. The molecular formula is C34H28N2O6S. The first-order chi connectivity index (χ1) is 20.4. The van der Waals surface area contributed by atoms with Crippen molar-refractivity contribution in [1.29, 1.82) is 0 Å². The number of fused-ring (bicyclic) bond motifs is 1. The quantitative estimate of drug-likeness (QED) is 0.0607. The summed E-state index contributed by atoms with van der Waals surface area (Å²) in [5.74, 6) is -0.493. The Hall–Kier alpha value is -5.15.